The zero-order valence-electron chi connectivity index (χ0n) is 11.7. The maximum absolute atomic E-state index is 12.5. The molecule has 1 saturated heterocycles. The smallest absolute Gasteiger partial charge is 0.238 e. The molecule has 1 aromatic rings. The molecule has 2 N–H and O–H groups in total. The van der Waals surface area contributed by atoms with E-state index in [2.05, 4.69) is 16.8 Å². The minimum absolute atomic E-state index is 0.110. The van der Waals surface area contributed by atoms with Crippen molar-refractivity contribution in [1.29, 1.82) is 0 Å². The first-order valence-electron chi connectivity index (χ1n) is 7.26. The van der Waals surface area contributed by atoms with Crippen LogP contribution in [-0.4, -0.2) is 23.3 Å². The molecule has 2 aliphatic rings. The van der Waals surface area contributed by atoms with Gasteiger partial charge in [-0.05, 0) is 30.9 Å². The van der Waals surface area contributed by atoms with Gasteiger partial charge in [-0.2, -0.15) is 0 Å². The lowest BCUT2D eigenvalue weighted by atomic mass is 9.81. The van der Waals surface area contributed by atoms with Crippen LogP contribution in [0.4, 0.5) is 5.82 Å². The van der Waals surface area contributed by atoms with Crippen molar-refractivity contribution in [3.05, 3.63) is 23.9 Å². The van der Waals surface area contributed by atoms with Crippen molar-refractivity contribution in [2.45, 2.75) is 25.7 Å². The molecule has 1 aliphatic heterocycles. The Labute approximate surface area is 123 Å². The molecule has 0 spiro atoms. The van der Waals surface area contributed by atoms with Crippen LogP contribution in [0.2, 0.25) is 0 Å². The Bertz CT molecular complexity index is 620. The van der Waals surface area contributed by atoms with Gasteiger partial charge in [0.05, 0.1) is 18.4 Å². The van der Waals surface area contributed by atoms with E-state index in [1.807, 2.05) is 0 Å². The standard InChI is InChI=1S/C16H17N3O2/c17-10-4-6-11-5-3-9-14(18-11)19-15(20)12-7-1-2-8-13(12)16(19)21/h3,5,9,12-13H,1-2,7-8,10,17H2. The average molecular weight is 283 g/mol. The van der Waals surface area contributed by atoms with Crippen molar-refractivity contribution in [2.75, 3.05) is 11.4 Å². The van der Waals surface area contributed by atoms with Crippen molar-refractivity contribution in [3.8, 4) is 11.8 Å². The molecule has 2 atom stereocenters. The van der Waals surface area contributed by atoms with Crippen molar-refractivity contribution < 1.29 is 9.59 Å². The van der Waals surface area contributed by atoms with E-state index in [1.165, 1.54) is 4.90 Å². The third-order valence-corrected chi connectivity index (χ3v) is 4.12. The molecule has 0 aromatic carbocycles. The molecular weight excluding hydrogens is 266 g/mol. The lowest BCUT2D eigenvalue weighted by Crippen LogP contribution is -2.31. The van der Waals surface area contributed by atoms with Crippen LogP contribution in [0.1, 0.15) is 31.4 Å². The van der Waals surface area contributed by atoms with E-state index in [0.717, 1.165) is 25.7 Å². The van der Waals surface area contributed by atoms with Crippen LogP contribution in [0.5, 0.6) is 0 Å². The van der Waals surface area contributed by atoms with Gasteiger partial charge in [-0.1, -0.05) is 24.8 Å². The number of hydrogen-bond acceptors (Lipinski definition) is 4. The maximum Gasteiger partial charge on any atom is 0.238 e. The summed E-state index contributed by atoms with van der Waals surface area (Å²) in [6.45, 7) is 0.248. The lowest BCUT2D eigenvalue weighted by Gasteiger charge is -2.19. The first-order chi connectivity index (χ1) is 10.2. The van der Waals surface area contributed by atoms with Gasteiger partial charge in [0, 0.05) is 0 Å². The summed E-state index contributed by atoms with van der Waals surface area (Å²) < 4.78 is 0. The Balaban J connectivity index is 1.93. The molecule has 2 amide bonds. The first kappa shape index (κ1) is 13.8. The van der Waals surface area contributed by atoms with Gasteiger partial charge in [0.1, 0.15) is 11.5 Å². The fraction of sp³-hybridized carbons (Fsp3) is 0.438. The number of aromatic nitrogens is 1. The fourth-order valence-corrected chi connectivity index (χ4v) is 3.15. The molecule has 1 saturated carbocycles. The van der Waals surface area contributed by atoms with Gasteiger partial charge in [0.15, 0.2) is 0 Å². The summed E-state index contributed by atoms with van der Waals surface area (Å²) in [5.41, 5.74) is 5.86. The summed E-state index contributed by atoms with van der Waals surface area (Å²) in [6.07, 6.45) is 3.64. The number of imide groups is 1. The molecule has 2 fully saturated rings. The molecule has 0 radical (unpaired) electrons. The van der Waals surface area contributed by atoms with Crippen molar-refractivity contribution in [1.82, 2.24) is 4.98 Å². The summed E-state index contributed by atoms with van der Waals surface area (Å²) >= 11 is 0. The number of carbonyl (C=O) groups is 2. The van der Waals surface area contributed by atoms with Gasteiger partial charge < -0.3 is 5.73 Å². The molecule has 5 nitrogen and oxygen atoms in total. The summed E-state index contributed by atoms with van der Waals surface area (Å²) in [5, 5.41) is 0. The second-order valence-corrected chi connectivity index (χ2v) is 5.40. The molecule has 3 rings (SSSR count). The number of nitrogens with two attached hydrogens (primary N) is 1. The molecular formula is C16H17N3O2. The summed E-state index contributed by atoms with van der Waals surface area (Å²) in [7, 11) is 0. The molecule has 0 bridgehead atoms. The van der Waals surface area contributed by atoms with E-state index in [-0.39, 0.29) is 30.2 Å². The van der Waals surface area contributed by atoms with Crippen molar-refractivity contribution in [3.63, 3.8) is 0 Å². The second kappa shape index (κ2) is 5.66. The Kier molecular flexibility index (Phi) is 3.72. The van der Waals surface area contributed by atoms with Gasteiger partial charge in [0.2, 0.25) is 11.8 Å². The molecule has 1 aliphatic carbocycles. The SMILES string of the molecule is NCC#Cc1cccc(N2C(=O)C3CCCCC3C2=O)n1. The van der Waals surface area contributed by atoms with Gasteiger partial charge in [-0.15, -0.1) is 0 Å². The highest BCUT2D eigenvalue weighted by Crippen LogP contribution is 2.39. The Morgan fingerprint density at radius 2 is 1.86 bits per heavy atom. The Hall–Kier alpha value is -2.19. The molecule has 1 aromatic heterocycles. The van der Waals surface area contributed by atoms with Gasteiger partial charge in [-0.3, -0.25) is 9.59 Å². The number of rotatable bonds is 1. The topological polar surface area (TPSA) is 76.3 Å². The quantitative estimate of drug-likeness (QED) is 0.618. The highest BCUT2D eigenvalue weighted by molar-refractivity contribution is 6.21. The normalized spacial score (nSPS) is 24.5. The maximum atomic E-state index is 12.5. The van der Waals surface area contributed by atoms with Crippen LogP contribution in [0.25, 0.3) is 0 Å². The van der Waals surface area contributed by atoms with E-state index >= 15 is 0 Å². The number of amides is 2. The number of nitrogens with zero attached hydrogens (tertiary/aromatic N) is 2. The van der Waals surface area contributed by atoms with Crippen molar-refractivity contribution in [2.24, 2.45) is 17.6 Å². The summed E-state index contributed by atoms with van der Waals surface area (Å²) in [5.74, 6) is 5.38. The molecule has 2 heterocycles. The third kappa shape index (κ3) is 2.43. The van der Waals surface area contributed by atoms with E-state index < -0.39 is 0 Å². The minimum Gasteiger partial charge on any atom is -0.320 e. The average Bonchev–Trinajstić information content (AvgIpc) is 2.78. The van der Waals surface area contributed by atoms with E-state index in [0.29, 0.717) is 11.5 Å². The summed E-state index contributed by atoms with van der Waals surface area (Å²) in [6, 6.07) is 5.18. The van der Waals surface area contributed by atoms with Crippen LogP contribution in [0.3, 0.4) is 0 Å². The van der Waals surface area contributed by atoms with Crippen LogP contribution >= 0.6 is 0 Å². The Morgan fingerprint density at radius 1 is 1.19 bits per heavy atom. The van der Waals surface area contributed by atoms with Crippen LogP contribution in [0, 0.1) is 23.7 Å². The van der Waals surface area contributed by atoms with Gasteiger partial charge in [0.25, 0.3) is 0 Å². The minimum atomic E-state index is -0.160. The second-order valence-electron chi connectivity index (χ2n) is 5.40. The number of pyridine rings is 1. The first-order valence-corrected chi connectivity index (χ1v) is 7.26. The summed E-state index contributed by atoms with van der Waals surface area (Å²) in [4.78, 5) is 30.5. The number of hydrogen-bond donors (Lipinski definition) is 1. The highest BCUT2D eigenvalue weighted by atomic mass is 16.2. The highest BCUT2D eigenvalue weighted by Gasteiger charge is 2.49. The Morgan fingerprint density at radius 3 is 2.48 bits per heavy atom. The monoisotopic (exact) mass is 283 g/mol. The van der Waals surface area contributed by atoms with E-state index in [1.54, 1.807) is 18.2 Å². The predicted molar refractivity (Wildman–Crippen MR) is 78.1 cm³/mol. The zero-order chi connectivity index (χ0) is 14.8. The van der Waals surface area contributed by atoms with Crippen LogP contribution < -0.4 is 10.6 Å². The number of anilines is 1. The zero-order valence-corrected chi connectivity index (χ0v) is 11.7. The van der Waals surface area contributed by atoms with Crippen LogP contribution in [-0.2, 0) is 9.59 Å². The third-order valence-electron chi connectivity index (χ3n) is 4.12. The fourth-order valence-electron chi connectivity index (χ4n) is 3.15. The number of fused-ring (bicyclic) bond motifs is 1. The number of carbonyl (C=O) groups excluding carboxylic acids is 2. The van der Waals surface area contributed by atoms with E-state index in [4.69, 9.17) is 5.73 Å². The van der Waals surface area contributed by atoms with E-state index in [9.17, 15) is 9.59 Å². The van der Waals surface area contributed by atoms with Crippen LogP contribution in [0.15, 0.2) is 18.2 Å². The molecule has 2 unspecified atom stereocenters. The lowest BCUT2D eigenvalue weighted by molar-refractivity contribution is -0.122. The van der Waals surface area contributed by atoms with Gasteiger partial charge in [-0.25, -0.2) is 9.88 Å². The molecule has 5 heteroatoms. The molecule has 108 valence electrons. The van der Waals surface area contributed by atoms with Gasteiger partial charge >= 0.3 is 0 Å². The largest absolute Gasteiger partial charge is 0.320 e. The predicted octanol–water partition coefficient (Wildman–Crippen LogP) is 1.07. The molecule has 21 heavy (non-hydrogen) atoms. The van der Waals surface area contributed by atoms with Crippen molar-refractivity contribution >= 4 is 17.6 Å².